The summed E-state index contributed by atoms with van der Waals surface area (Å²) in [4.78, 5) is 15.0. The molecule has 6 heteroatoms. The number of rotatable bonds is 8. The van der Waals surface area contributed by atoms with Gasteiger partial charge in [-0.05, 0) is 55.5 Å². The van der Waals surface area contributed by atoms with E-state index in [-0.39, 0.29) is 17.8 Å². The molecule has 0 radical (unpaired) electrons. The highest BCUT2D eigenvalue weighted by molar-refractivity contribution is 5.97. The molecule has 31 heavy (non-hydrogen) atoms. The Morgan fingerprint density at radius 2 is 1.87 bits per heavy atom. The molecule has 2 aliphatic rings. The smallest absolute Gasteiger partial charge is 0.255 e. The molecule has 2 aromatic carbocycles. The van der Waals surface area contributed by atoms with Gasteiger partial charge in [-0.15, -0.1) is 0 Å². The second-order valence-corrected chi connectivity index (χ2v) is 8.18. The zero-order chi connectivity index (χ0) is 21.6. The minimum atomic E-state index is -0.219. The summed E-state index contributed by atoms with van der Waals surface area (Å²) in [6.45, 7) is 2.69. The van der Waals surface area contributed by atoms with Gasteiger partial charge in [0.1, 0.15) is 23.4 Å². The molecule has 1 heterocycles. The summed E-state index contributed by atoms with van der Waals surface area (Å²) in [5.74, 6) is 0.973. The van der Waals surface area contributed by atoms with Crippen LogP contribution in [0.4, 0.5) is 4.39 Å². The Kier molecular flexibility index (Phi) is 6.87. The number of likely N-dealkylation sites (tertiary alicyclic amines) is 1. The average Bonchev–Trinajstić information content (AvgIpc) is 3.60. The minimum absolute atomic E-state index is 0.0666. The number of amides is 1. The molecular weight excluding hydrogens is 395 g/mol. The van der Waals surface area contributed by atoms with Crippen molar-refractivity contribution in [3.63, 3.8) is 0 Å². The molecule has 1 N–H and O–H groups in total. The standard InChI is InChI=1S/C25H29FN2O3/c1-30-22-10-11-23(25(29)27-20-8-9-20)24(17-22)31-21-12-15-28(16-13-21)14-2-3-18-4-6-19(26)7-5-18/h2-7,10-11,17,20-21H,8-9,12-16H2,1H3,(H,27,29). The van der Waals surface area contributed by atoms with Crippen LogP contribution >= 0.6 is 0 Å². The maximum absolute atomic E-state index is 13.0. The van der Waals surface area contributed by atoms with Crippen LogP contribution in [0.5, 0.6) is 11.5 Å². The van der Waals surface area contributed by atoms with Crippen molar-refractivity contribution in [2.24, 2.45) is 0 Å². The molecule has 2 fully saturated rings. The summed E-state index contributed by atoms with van der Waals surface area (Å²) in [6, 6.07) is 12.2. The largest absolute Gasteiger partial charge is 0.497 e. The van der Waals surface area contributed by atoms with Gasteiger partial charge in [0.15, 0.2) is 0 Å². The molecule has 1 saturated carbocycles. The van der Waals surface area contributed by atoms with Crippen LogP contribution in [0.3, 0.4) is 0 Å². The summed E-state index contributed by atoms with van der Waals surface area (Å²) in [5.41, 5.74) is 1.56. The molecule has 0 unspecified atom stereocenters. The van der Waals surface area contributed by atoms with Gasteiger partial charge in [0.05, 0.1) is 12.7 Å². The first-order valence-electron chi connectivity index (χ1n) is 10.9. The van der Waals surface area contributed by atoms with Crippen molar-refractivity contribution in [3.05, 3.63) is 65.5 Å². The molecule has 0 bridgehead atoms. The summed E-state index contributed by atoms with van der Waals surface area (Å²) in [6.07, 6.45) is 8.08. The lowest BCUT2D eigenvalue weighted by Crippen LogP contribution is -2.38. The van der Waals surface area contributed by atoms with Crippen molar-refractivity contribution in [1.29, 1.82) is 0 Å². The molecule has 0 spiro atoms. The maximum Gasteiger partial charge on any atom is 0.255 e. The quantitative estimate of drug-likeness (QED) is 0.687. The predicted molar refractivity (Wildman–Crippen MR) is 119 cm³/mol. The van der Waals surface area contributed by atoms with Gasteiger partial charge in [0.2, 0.25) is 0 Å². The highest BCUT2D eigenvalue weighted by Crippen LogP contribution is 2.29. The lowest BCUT2D eigenvalue weighted by molar-refractivity contribution is 0.0916. The number of carbonyl (C=O) groups excluding carboxylic acids is 1. The van der Waals surface area contributed by atoms with Gasteiger partial charge in [-0.3, -0.25) is 9.69 Å². The van der Waals surface area contributed by atoms with Gasteiger partial charge in [0.25, 0.3) is 5.91 Å². The van der Waals surface area contributed by atoms with Crippen molar-refractivity contribution in [2.75, 3.05) is 26.7 Å². The van der Waals surface area contributed by atoms with Crippen LogP contribution in [-0.2, 0) is 0 Å². The normalized spacial score (nSPS) is 17.6. The Morgan fingerprint density at radius 3 is 2.55 bits per heavy atom. The molecule has 2 aromatic rings. The Bertz CT molecular complexity index is 917. The van der Waals surface area contributed by atoms with E-state index in [1.807, 2.05) is 6.08 Å². The highest BCUT2D eigenvalue weighted by atomic mass is 19.1. The number of methoxy groups -OCH3 is 1. The third-order valence-corrected chi connectivity index (χ3v) is 5.72. The van der Waals surface area contributed by atoms with E-state index >= 15 is 0 Å². The molecule has 164 valence electrons. The van der Waals surface area contributed by atoms with Gasteiger partial charge in [-0.25, -0.2) is 4.39 Å². The van der Waals surface area contributed by atoms with E-state index in [4.69, 9.17) is 9.47 Å². The second-order valence-electron chi connectivity index (χ2n) is 8.18. The summed E-state index contributed by atoms with van der Waals surface area (Å²) >= 11 is 0. The fourth-order valence-corrected chi connectivity index (χ4v) is 3.71. The number of hydrogen-bond acceptors (Lipinski definition) is 4. The van der Waals surface area contributed by atoms with Crippen molar-refractivity contribution < 1.29 is 18.7 Å². The van der Waals surface area contributed by atoms with E-state index in [2.05, 4.69) is 16.3 Å². The lowest BCUT2D eigenvalue weighted by atomic mass is 10.1. The van der Waals surface area contributed by atoms with Gasteiger partial charge >= 0.3 is 0 Å². The molecule has 0 atom stereocenters. The summed E-state index contributed by atoms with van der Waals surface area (Å²) < 4.78 is 24.6. The molecule has 5 nitrogen and oxygen atoms in total. The first kappa shape index (κ1) is 21.4. The number of carbonyl (C=O) groups is 1. The Hall–Kier alpha value is -2.86. The molecule has 1 amide bonds. The van der Waals surface area contributed by atoms with Crippen LogP contribution in [0.25, 0.3) is 6.08 Å². The van der Waals surface area contributed by atoms with E-state index in [0.29, 0.717) is 23.1 Å². The molecule has 1 aliphatic heterocycles. The van der Waals surface area contributed by atoms with E-state index < -0.39 is 0 Å². The number of benzene rings is 2. The molecule has 1 aliphatic carbocycles. The van der Waals surface area contributed by atoms with Gasteiger partial charge < -0.3 is 14.8 Å². The SMILES string of the molecule is COc1ccc(C(=O)NC2CC2)c(OC2CCN(CC=Cc3ccc(F)cc3)CC2)c1. The van der Waals surface area contributed by atoms with Gasteiger partial charge in [0, 0.05) is 31.7 Å². The van der Waals surface area contributed by atoms with Crippen LogP contribution in [0.2, 0.25) is 0 Å². The lowest BCUT2D eigenvalue weighted by Gasteiger charge is -2.31. The maximum atomic E-state index is 13.0. The third kappa shape index (κ3) is 6.07. The molecule has 1 saturated heterocycles. The highest BCUT2D eigenvalue weighted by Gasteiger charge is 2.27. The first-order chi connectivity index (χ1) is 15.1. The van der Waals surface area contributed by atoms with Crippen LogP contribution < -0.4 is 14.8 Å². The second kappa shape index (κ2) is 9.96. The summed E-state index contributed by atoms with van der Waals surface area (Å²) in [7, 11) is 1.61. The minimum Gasteiger partial charge on any atom is -0.497 e. The Balaban J connectivity index is 1.30. The number of nitrogens with one attached hydrogen (secondary N) is 1. The monoisotopic (exact) mass is 424 g/mol. The van der Waals surface area contributed by atoms with Crippen molar-refractivity contribution in [3.8, 4) is 11.5 Å². The Morgan fingerprint density at radius 1 is 1.13 bits per heavy atom. The van der Waals surface area contributed by atoms with Gasteiger partial charge in [-0.1, -0.05) is 24.3 Å². The van der Waals surface area contributed by atoms with Crippen molar-refractivity contribution in [2.45, 2.75) is 37.8 Å². The van der Waals surface area contributed by atoms with Crippen LogP contribution in [0.15, 0.2) is 48.5 Å². The van der Waals surface area contributed by atoms with Crippen molar-refractivity contribution in [1.82, 2.24) is 10.2 Å². The third-order valence-electron chi connectivity index (χ3n) is 5.72. The van der Waals surface area contributed by atoms with Crippen LogP contribution in [-0.4, -0.2) is 49.7 Å². The van der Waals surface area contributed by atoms with E-state index in [9.17, 15) is 9.18 Å². The van der Waals surface area contributed by atoms with E-state index in [1.165, 1.54) is 12.1 Å². The molecule has 0 aromatic heterocycles. The van der Waals surface area contributed by atoms with Gasteiger partial charge in [-0.2, -0.15) is 0 Å². The molecular formula is C25H29FN2O3. The summed E-state index contributed by atoms with van der Waals surface area (Å²) in [5, 5.41) is 3.04. The van der Waals surface area contributed by atoms with Crippen LogP contribution in [0.1, 0.15) is 41.6 Å². The topological polar surface area (TPSA) is 50.8 Å². The van der Waals surface area contributed by atoms with Crippen molar-refractivity contribution >= 4 is 12.0 Å². The number of nitrogens with zero attached hydrogens (tertiary/aromatic N) is 1. The fourth-order valence-electron chi connectivity index (χ4n) is 3.71. The zero-order valence-electron chi connectivity index (χ0n) is 17.9. The fraction of sp³-hybridized carbons (Fsp3) is 0.400. The number of hydrogen-bond donors (Lipinski definition) is 1. The van der Waals surface area contributed by atoms with E-state index in [1.54, 1.807) is 37.4 Å². The number of piperidine rings is 1. The number of halogens is 1. The predicted octanol–water partition coefficient (Wildman–Crippen LogP) is 4.28. The Labute approximate surface area is 182 Å². The van der Waals surface area contributed by atoms with E-state index in [0.717, 1.165) is 50.9 Å². The molecule has 4 rings (SSSR count). The average molecular weight is 425 g/mol. The number of ether oxygens (including phenoxy) is 2. The first-order valence-corrected chi connectivity index (χ1v) is 10.9. The van der Waals surface area contributed by atoms with Crippen LogP contribution in [0, 0.1) is 5.82 Å². The zero-order valence-corrected chi connectivity index (χ0v) is 17.9.